The molecule has 4 aromatic rings. The fraction of sp³-hybridized carbons (Fsp3) is 0.353. The van der Waals surface area contributed by atoms with Crippen LogP contribution in [0.4, 0.5) is 0 Å². The number of carbonyl (C=O) groups is 1. The SMILES string of the molecule is CCn1c(SCCCCC(=O)N2CCC(Cc3ccccc3)CC2)nc(-c2ccccc2)c1-c1ccccc1. The summed E-state index contributed by atoms with van der Waals surface area (Å²) >= 11 is 1.81. The van der Waals surface area contributed by atoms with Crippen molar-refractivity contribution in [3.8, 4) is 22.5 Å². The number of nitrogens with zero attached hydrogens (tertiary/aromatic N) is 3. The van der Waals surface area contributed by atoms with Crippen LogP contribution in [0.2, 0.25) is 0 Å². The molecule has 0 unspecified atom stereocenters. The van der Waals surface area contributed by atoms with E-state index in [0.29, 0.717) is 18.2 Å². The van der Waals surface area contributed by atoms with Crippen molar-refractivity contribution in [2.75, 3.05) is 18.8 Å². The van der Waals surface area contributed by atoms with Crippen molar-refractivity contribution in [2.24, 2.45) is 5.92 Å². The highest BCUT2D eigenvalue weighted by Gasteiger charge is 2.23. The molecule has 39 heavy (non-hydrogen) atoms. The predicted molar refractivity (Wildman–Crippen MR) is 163 cm³/mol. The van der Waals surface area contributed by atoms with Gasteiger partial charge in [-0.15, -0.1) is 0 Å². The average molecular weight is 538 g/mol. The molecule has 5 heteroatoms. The first-order chi connectivity index (χ1) is 19.2. The first-order valence-electron chi connectivity index (χ1n) is 14.4. The summed E-state index contributed by atoms with van der Waals surface area (Å²) < 4.78 is 2.34. The number of aromatic nitrogens is 2. The van der Waals surface area contributed by atoms with Gasteiger partial charge in [0.2, 0.25) is 5.91 Å². The fourth-order valence-electron chi connectivity index (χ4n) is 5.56. The molecule has 0 aliphatic carbocycles. The van der Waals surface area contributed by atoms with E-state index in [0.717, 1.165) is 73.9 Å². The first-order valence-corrected chi connectivity index (χ1v) is 15.4. The van der Waals surface area contributed by atoms with Crippen LogP contribution in [0.5, 0.6) is 0 Å². The molecule has 0 radical (unpaired) electrons. The molecule has 3 aromatic carbocycles. The quantitative estimate of drug-likeness (QED) is 0.144. The molecule has 0 bridgehead atoms. The second-order valence-electron chi connectivity index (χ2n) is 10.4. The van der Waals surface area contributed by atoms with Gasteiger partial charge in [-0.05, 0) is 50.5 Å². The Balaban J connectivity index is 1.13. The number of imidazole rings is 1. The Morgan fingerprint density at radius 2 is 1.46 bits per heavy atom. The van der Waals surface area contributed by atoms with Crippen LogP contribution in [-0.2, 0) is 17.8 Å². The number of rotatable bonds is 11. The molecule has 202 valence electrons. The Bertz CT molecular complexity index is 1310. The zero-order chi connectivity index (χ0) is 26.9. The van der Waals surface area contributed by atoms with Gasteiger partial charge in [-0.25, -0.2) is 4.98 Å². The van der Waals surface area contributed by atoms with E-state index in [1.807, 2.05) is 17.8 Å². The number of thioether (sulfide) groups is 1. The van der Waals surface area contributed by atoms with Crippen molar-refractivity contribution in [2.45, 2.75) is 57.1 Å². The molecule has 1 aliphatic heterocycles. The molecule has 0 spiro atoms. The summed E-state index contributed by atoms with van der Waals surface area (Å²) in [7, 11) is 0. The van der Waals surface area contributed by atoms with Crippen LogP contribution >= 0.6 is 11.8 Å². The van der Waals surface area contributed by atoms with Gasteiger partial charge in [0.1, 0.15) is 0 Å². The van der Waals surface area contributed by atoms with Crippen molar-refractivity contribution in [1.82, 2.24) is 14.5 Å². The van der Waals surface area contributed by atoms with Gasteiger partial charge < -0.3 is 9.47 Å². The van der Waals surface area contributed by atoms with Crippen LogP contribution in [0.15, 0.2) is 96.2 Å². The summed E-state index contributed by atoms with van der Waals surface area (Å²) in [6, 6.07) is 31.8. The number of benzene rings is 3. The Morgan fingerprint density at radius 1 is 0.846 bits per heavy atom. The van der Waals surface area contributed by atoms with E-state index in [-0.39, 0.29) is 0 Å². The van der Waals surface area contributed by atoms with Gasteiger partial charge in [0.15, 0.2) is 5.16 Å². The van der Waals surface area contributed by atoms with Gasteiger partial charge in [0.25, 0.3) is 0 Å². The molecule has 1 aromatic heterocycles. The summed E-state index contributed by atoms with van der Waals surface area (Å²) in [6.45, 7) is 4.87. The van der Waals surface area contributed by atoms with Gasteiger partial charge in [0, 0.05) is 42.9 Å². The van der Waals surface area contributed by atoms with Crippen molar-refractivity contribution < 1.29 is 4.79 Å². The monoisotopic (exact) mass is 537 g/mol. The van der Waals surface area contributed by atoms with Gasteiger partial charge in [-0.2, -0.15) is 0 Å². The average Bonchev–Trinajstić information content (AvgIpc) is 3.37. The van der Waals surface area contributed by atoms with Crippen LogP contribution in [0.25, 0.3) is 22.5 Å². The molecule has 1 amide bonds. The molecule has 1 saturated heterocycles. The third-order valence-corrected chi connectivity index (χ3v) is 8.76. The number of amides is 1. The fourth-order valence-corrected chi connectivity index (χ4v) is 6.62. The number of unbranched alkanes of at least 4 members (excludes halogenated alkanes) is 1. The maximum absolute atomic E-state index is 12.9. The van der Waals surface area contributed by atoms with Gasteiger partial charge in [-0.1, -0.05) is 103 Å². The lowest BCUT2D eigenvalue weighted by atomic mass is 9.90. The van der Waals surface area contributed by atoms with E-state index >= 15 is 0 Å². The third-order valence-electron chi connectivity index (χ3n) is 7.69. The van der Waals surface area contributed by atoms with Crippen LogP contribution in [0.1, 0.15) is 44.6 Å². The van der Waals surface area contributed by atoms with E-state index in [4.69, 9.17) is 4.98 Å². The zero-order valence-electron chi connectivity index (χ0n) is 23.0. The molecular weight excluding hydrogens is 498 g/mol. The minimum atomic E-state index is 0.325. The van der Waals surface area contributed by atoms with Crippen LogP contribution in [-0.4, -0.2) is 39.2 Å². The summed E-state index contributed by atoms with van der Waals surface area (Å²) in [5.41, 5.74) is 5.96. The summed E-state index contributed by atoms with van der Waals surface area (Å²) in [4.78, 5) is 20.1. The molecule has 2 heterocycles. The highest BCUT2D eigenvalue weighted by molar-refractivity contribution is 7.99. The number of hydrogen-bond donors (Lipinski definition) is 0. The van der Waals surface area contributed by atoms with Crippen molar-refractivity contribution in [3.05, 3.63) is 96.6 Å². The van der Waals surface area contributed by atoms with E-state index in [9.17, 15) is 4.79 Å². The zero-order valence-corrected chi connectivity index (χ0v) is 23.8. The lowest BCUT2D eigenvalue weighted by Gasteiger charge is -2.32. The normalized spacial score (nSPS) is 14.0. The minimum absolute atomic E-state index is 0.325. The Morgan fingerprint density at radius 3 is 2.10 bits per heavy atom. The van der Waals surface area contributed by atoms with Gasteiger partial charge in [0.05, 0.1) is 11.4 Å². The number of hydrogen-bond acceptors (Lipinski definition) is 3. The topological polar surface area (TPSA) is 38.1 Å². The Hall–Kier alpha value is -3.31. The Labute approximate surface area is 237 Å². The molecule has 5 rings (SSSR count). The van der Waals surface area contributed by atoms with Crippen molar-refractivity contribution in [1.29, 1.82) is 0 Å². The van der Waals surface area contributed by atoms with Gasteiger partial charge in [-0.3, -0.25) is 4.79 Å². The second kappa shape index (κ2) is 13.7. The lowest BCUT2D eigenvalue weighted by Crippen LogP contribution is -2.38. The van der Waals surface area contributed by atoms with E-state index in [2.05, 4.69) is 101 Å². The summed E-state index contributed by atoms with van der Waals surface area (Å²) in [5, 5.41) is 1.06. The molecule has 1 aliphatic rings. The summed E-state index contributed by atoms with van der Waals surface area (Å²) in [6.07, 6.45) is 5.95. The first kappa shape index (κ1) is 27.3. The third kappa shape index (κ3) is 7.02. The summed E-state index contributed by atoms with van der Waals surface area (Å²) in [5.74, 6) is 1.98. The van der Waals surface area contributed by atoms with E-state index in [1.165, 1.54) is 16.8 Å². The lowest BCUT2D eigenvalue weighted by molar-refractivity contribution is -0.132. The molecular formula is C34H39N3OS. The number of piperidine rings is 1. The van der Waals surface area contributed by atoms with E-state index < -0.39 is 0 Å². The molecule has 0 saturated carbocycles. The smallest absolute Gasteiger partial charge is 0.222 e. The molecule has 1 fully saturated rings. The molecule has 0 atom stereocenters. The largest absolute Gasteiger partial charge is 0.343 e. The number of carbonyl (C=O) groups excluding carboxylic acids is 1. The van der Waals surface area contributed by atoms with Gasteiger partial charge >= 0.3 is 0 Å². The van der Waals surface area contributed by atoms with Crippen LogP contribution in [0.3, 0.4) is 0 Å². The highest BCUT2D eigenvalue weighted by Crippen LogP contribution is 2.36. The maximum atomic E-state index is 12.9. The maximum Gasteiger partial charge on any atom is 0.222 e. The predicted octanol–water partition coefficient (Wildman–Crippen LogP) is 7.98. The van der Waals surface area contributed by atoms with Crippen LogP contribution in [0, 0.1) is 5.92 Å². The molecule has 4 nitrogen and oxygen atoms in total. The Kier molecular flexibility index (Phi) is 9.55. The molecule has 0 N–H and O–H groups in total. The standard InChI is InChI=1S/C34H39N3OS/c1-2-37-33(30-18-10-5-11-19-30)32(29-16-8-4-9-17-29)35-34(37)39-25-13-12-20-31(38)36-23-21-28(22-24-36)26-27-14-6-3-7-15-27/h3-11,14-19,28H,2,12-13,20-26H2,1H3. The second-order valence-corrected chi connectivity index (χ2v) is 11.4. The minimum Gasteiger partial charge on any atom is -0.343 e. The number of likely N-dealkylation sites (tertiary alicyclic amines) is 1. The highest BCUT2D eigenvalue weighted by atomic mass is 32.2. The van der Waals surface area contributed by atoms with Crippen molar-refractivity contribution >= 4 is 17.7 Å². The van der Waals surface area contributed by atoms with Crippen molar-refractivity contribution in [3.63, 3.8) is 0 Å². The van der Waals surface area contributed by atoms with E-state index in [1.54, 1.807) is 0 Å². The van der Waals surface area contributed by atoms with Crippen LogP contribution < -0.4 is 0 Å².